The van der Waals surface area contributed by atoms with Crippen LogP contribution in [0.1, 0.15) is 32.1 Å². The molecule has 2 fully saturated rings. The predicted molar refractivity (Wildman–Crippen MR) is 41.1 cm³/mol. The first-order valence-electron chi connectivity index (χ1n) is 4.48. The molecule has 0 aromatic rings. The number of hydrogen-bond acceptors (Lipinski definition) is 2. The summed E-state index contributed by atoms with van der Waals surface area (Å²) in [7, 11) is 0. The second-order valence-corrected chi connectivity index (χ2v) is 3.86. The van der Waals surface area contributed by atoms with Gasteiger partial charge in [-0.2, -0.15) is 0 Å². The normalized spacial score (nSPS) is 44.1. The minimum atomic E-state index is -0.320. The molecule has 2 bridgehead atoms. The molecular weight excluding hydrogens is 140 g/mol. The van der Waals surface area contributed by atoms with Gasteiger partial charge in [-0.05, 0) is 31.6 Å². The van der Waals surface area contributed by atoms with E-state index in [4.69, 9.17) is 0 Å². The zero-order valence-electron chi connectivity index (χ0n) is 6.62. The van der Waals surface area contributed by atoms with Crippen LogP contribution < -0.4 is 0 Å². The Kier molecular flexibility index (Phi) is 1.72. The highest BCUT2D eigenvalue weighted by Gasteiger charge is 2.37. The highest BCUT2D eigenvalue weighted by Crippen LogP contribution is 2.37. The van der Waals surface area contributed by atoms with Gasteiger partial charge in [-0.25, -0.2) is 0 Å². The maximum absolute atomic E-state index is 11.3. The van der Waals surface area contributed by atoms with Crippen LogP contribution in [0.4, 0.5) is 0 Å². The Morgan fingerprint density at radius 1 is 1.27 bits per heavy atom. The molecule has 1 N–H and O–H groups in total. The molecule has 2 aliphatic rings. The summed E-state index contributed by atoms with van der Waals surface area (Å²) >= 11 is 0. The number of carbonyl (C=O) groups excluding carboxylic acids is 1. The number of aliphatic hydroxyl groups excluding tert-OH is 1. The number of Topliss-reactive ketones (excluding diaryl/α,β-unsaturated/α-hetero) is 1. The van der Waals surface area contributed by atoms with Gasteiger partial charge in [0.15, 0.2) is 0 Å². The van der Waals surface area contributed by atoms with E-state index >= 15 is 0 Å². The lowest BCUT2D eigenvalue weighted by atomic mass is 9.70. The predicted octanol–water partition coefficient (Wildman–Crippen LogP) is 1.13. The molecule has 11 heavy (non-hydrogen) atoms. The van der Waals surface area contributed by atoms with Crippen molar-refractivity contribution in [2.24, 2.45) is 11.8 Å². The van der Waals surface area contributed by atoms with Crippen molar-refractivity contribution in [3.05, 3.63) is 0 Å². The number of carbonyl (C=O) groups is 1. The van der Waals surface area contributed by atoms with Crippen LogP contribution in [0.15, 0.2) is 0 Å². The van der Waals surface area contributed by atoms with E-state index in [-0.39, 0.29) is 12.0 Å². The van der Waals surface area contributed by atoms with E-state index in [2.05, 4.69) is 0 Å². The van der Waals surface area contributed by atoms with Gasteiger partial charge in [0.25, 0.3) is 0 Å². The van der Waals surface area contributed by atoms with Crippen LogP contribution in [0.25, 0.3) is 0 Å². The van der Waals surface area contributed by atoms with Crippen molar-refractivity contribution in [1.82, 2.24) is 0 Å². The molecule has 0 aromatic heterocycles. The molecule has 2 rings (SSSR count). The Morgan fingerprint density at radius 2 is 2.09 bits per heavy atom. The minimum absolute atomic E-state index is 0.00231. The molecule has 0 radical (unpaired) electrons. The molecule has 2 unspecified atom stereocenters. The van der Waals surface area contributed by atoms with E-state index in [0.717, 1.165) is 31.6 Å². The van der Waals surface area contributed by atoms with Crippen molar-refractivity contribution in [2.45, 2.75) is 38.2 Å². The van der Waals surface area contributed by atoms with Crippen molar-refractivity contribution >= 4 is 5.78 Å². The Morgan fingerprint density at radius 3 is 2.82 bits per heavy atom. The summed E-state index contributed by atoms with van der Waals surface area (Å²) in [5.74, 6) is 1.04. The van der Waals surface area contributed by atoms with E-state index in [9.17, 15) is 9.90 Å². The van der Waals surface area contributed by atoms with Gasteiger partial charge in [-0.1, -0.05) is 0 Å². The van der Waals surface area contributed by atoms with Gasteiger partial charge in [-0.15, -0.1) is 0 Å². The Labute approximate surface area is 66.6 Å². The second-order valence-electron chi connectivity index (χ2n) is 3.86. The molecular formula is C9H14O2. The smallest absolute Gasteiger partial charge is 0.138 e. The standard InChI is InChI=1S/C9H14O2/c10-8-3-1-6-2-4-9(11)7(8)5-6/h6-8,10H,1-5H2/t6?,7?,8-/m1/s1. The first kappa shape index (κ1) is 7.29. The molecule has 62 valence electrons. The summed E-state index contributed by atoms with van der Waals surface area (Å²) in [6.07, 6.45) is 4.40. The molecule has 0 spiro atoms. The van der Waals surface area contributed by atoms with Crippen LogP contribution in [0.5, 0.6) is 0 Å². The van der Waals surface area contributed by atoms with Crippen molar-refractivity contribution < 1.29 is 9.90 Å². The van der Waals surface area contributed by atoms with Gasteiger partial charge < -0.3 is 5.11 Å². The minimum Gasteiger partial charge on any atom is -0.392 e. The number of ketones is 1. The highest BCUT2D eigenvalue weighted by atomic mass is 16.3. The molecule has 0 saturated heterocycles. The average Bonchev–Trinajstić information content (AvgIpc) is 2.02. The molecule has 2 heteroatoms. The van der Waals surface area contributed by atoms with Gasteiger partial charge in [0, 0.05) is 12.3 Å². The lowest BCUT2D eigenvalue weighted by Crippen LogP contribution is -2.38. The molecule has 0 aliphatic heterocycles. The fraction of sp³-hybridized carbons (Fsp3) is 0.889. The van der Waals surface area contributed by atoms with Gasteiger partial charge in [0.05, 0.1) is 6.10 Å². The summed E-state index contributed by atoms with van der Waals surface area (Å²) in [6, 6.07) is 0. The first-order valence-corrected chi connectivity index (χ1v) is 4.48. The summed E-state index contributed by atoms with van der Waals surface area (Å²) < 4.78 is 0. The number of rotatable bonds is 0. The van der Waals surface area contributed by atoms with Crippen LogP contribution in [-0.4, -0.2) is 17.0 Å². The monoisotopic (exact) mass is 154 g/mol. The first-order chi connectivity index (χ1) is 5.27. The number of aliphatic hydroxyl groups is 1. The van der Waals surface area contributed by atoms with Gasteiger partial charge >= 0.3 is 0 Å². The summed E-state index contributed by atoms with van der Waals surface area (Å²) in [4.78, 5) is 11.3. The lowest BCUT2D eigenvalue weighted by Gasteiger charge is -2.36. The van der Waals surface area contributed by atoms with Crippen molar-refractivity contribution in [1.29, 1.82) is 0 Å². The van der Waals surface area contributed by atoms with E-state index in [1.54, 1.807) is 0 Å². The van der Waals surface area contributed by atoms with Crippen LogP contribution >= 0.6 is 0 Å². The second kappa shape index (κ2) is 2.59. The maximum atomic E-state index is 11.3. The fourth-order valence-corrected chi connectivity index (χ4v) is 2.38. The molecule has 0 aromatic carbocycles. The largest absolute Gasteiger partial charge is 0.392 e. The molecule has 2 nitrogen and oxygen atoms in total. The van der Waals surface area contributed by atoms with Crippen LogP contribution in [0.2, 0.25) is 0 Å². The van der Waals surface area contributed by atoms with Crippen LogP contribution in [0, 0.1) is 11.8 Å². The Balaban J connectivity index is 2.11. The molecule has 0 heterocycles. The SMILES string of the molecule is O=C1CCC2CC[C@@H](O)C1C2. The Hall–Kier alpha value is -0.370. The lowest BCUT2D eigenvalue weighted by molar-refractivity contribution is -0.132. The van der Waals surface area contributed by atoms with E-state index in [1.165, 1.54) is 0 Å². The number of hydrogen-bond donors (Lipinski definition) is 1. The summed E-state index contributed by atoms with van der Waals surface area (Å²) in [5.41, 5.74) is 0. The molecule has 0 amide bonds. The third-order valence-corrected chi connectivity index (χ3v) is 3.13. The van der Waals surface area contributed by atoms with Crippen molar-refractivity contribution in [3.63, 3.8) is 0 Å². The summed E-state index contributed by atoms with van der Waals surface area (Å²) in [6.45, 7) is 0. The van der Waals surface area contributed by atoms with Crippen molar-refractivity contribution in [3.8, 4) is 0 Å². The highest BCUT2D eigenvalue weighted by molar-refractivity contribution is 5.82. The van der Waals surface area contributed by atoms with Crippen LogP contribution in [-0.2, 0) is 4.79 Å². The third kappa shape index (κ3) is 1.20. The zero-order chi connectivity index (χ0) is 7.84. The fourth-order valence-electron chi connectivity index (χ4n) is 2.38. The molecule has 3 atom stereocenters. The van der Waals surface area contributed by atoms with E-state index < -0.39 is 0 Å². The van der Waals surface area contributed by atoms with Gasteiger partial charge in [0.2, 0.25) is 0 Å². The van der Waals surface area contributed by atoms with E-state index in [1.807, 2.05) is 0 Å². The maximum Gasteiger partial charge on any atom is 0.138 e. The molecule has 2 saturated carbocycles. The van der Waals surface area contributed by atoms with Crippen LogP contribution in [0.3, 0.4) is 0 Å². The zero-order valence-corrected chi connectivity index (χ0v) is 6.62. The average molecular weight is 154 g/mol. The van der Waals surface area contributed by atoms with E-state index in [0.29, 0.717) is 12.2 Å². The quantitative estimate of drug-likeness (QED) is 0.568. The van der Waals surface area contributed by atoms with Gasteiger partial charge in [0.1, 0.15) is 5.78 Å². The summed E-state index contributed by atoms with van der Waals surface area (Å²) in [5, 5.41) is 9.47. The topological polar surface area (TPSA) is 37.3 Å². The number of fused-ring (bicyclic) bond motifs is 2. The Bertz CT molecular complexity index is 176. The van der Waals surface area contributed by atoms with Gasteiger partial charge in [-0.3, -0.25) is 4.79 Å². The molecule has 2 aliphatic carbocycles. The third-order valence-electron chi connectivity index (χ3n) is 3.13. The van der Waals surface area contributed by atoms with Crippen molar-refractivity contribution in [2.75, 3.05) is 0 Å².